The molecule has 1 aromatic rings. The highest BCUT2D eigenvalue weighted by Gasteiger charge is 2.52. The van der Waals surface area contributed by atoms with Gasteiger partial charge in [-0.2, -0.15) is 13.2 Å². The van der Waals surface area contributed by atoms with E-state index >= 15 is 0 Å². The molecule has 2 rings (SSSR count). The fraction of sp³-hybridized carbons (Fsp3) is 0.500. The van der Waals surface area contributed by atoms with Crippen LogP contribution in [0.4, 0.5) is 13.2 Å². The highest BCUT2D eigenvalue weighted by molar-refractivity contribution is 9.10. The van der Waals surface area contributed by atoms with Gasteiger partial charge in [0.15, 0.2) is 0 Å². The first-order valence-electron chi connectivity index (χ1n) is 6.56. The topological polar surface area (TPSA) is 49.8 Å². The largest absolute Gasteiger partial charge is 0.496 e. The number of alkyl halides is 3. The molecule has 1 aliphatic heterocycles. The summed E-state index contributed by atoms with van der Waals surface area (Å²) in [4.78, 5) is 12.6. The Morgan fingerprint density at radius 2 is 2.14 bits per heavy atom. The van der Waals surface area contributed by atoms with Crippen molar-refractivity contribution in [1.82, 2.24) is 4.90 Å². The highest BCUT2D eigenvalue weighted by atomic mass is 79.9. The van der Waals surface area contributed by atoms with Gasteiger partial charge < -0.3 is 9.84 Å². The number of carbonyl (C=O) groups is 1. The zero-order valence-electron chi connectivity index (χ0n) is 11.7. The maximum Gasteiger partial charge on any atom is 0.393 e. The highest BCUT2D eigenvalue weighted by Crippen LogP contribution is 2.38. The first-order chi connectivity index (χ1) is 10.2. The third-order valence-corrected chi connectivity index (χ3v) is 4.38. The third kappa shape index (κ3) is 3.73. The summed E-state index contributed by atoms with van der Waals surface area (Å²) in [6.07, 6.45) is -4.50. The van der Waals surface area contributed by atoms with E-state index in [1.165, 1.54) is 12.0 Å². The van der Waals surface area contributed by atoms with Crippen molar-refractivity contribution in [1.29, 1.82) is 0 Å². The van der Waals surface area contributed by atoms with Gasteiger partial charge in [-0.15, -0.1) is 0 Å². The summed E-state index contributed by atoms with van der Waals surface area (Å²) in [5.41, 5.74) is 0.791. The second-order valence-corrected chi connectivity index (χ2v) is 6.11. The lowest BCUT2D eigenvalue weighted by Gasteiger charge is -2.18. The summed E-state index contributed by atoms with van der Waals surface area (Å²) in [6.45, 7) is -0.147. The Bertz CT molecular complexity index is 565. The van der Waals surface area contributed by atoms with Gasteiger partial charge in [-0.3, -0.25) is 9.69 Å². The van der Waals surface area contributed by atoms with Crippen LogP contribution in [0.5, 0.6) is 5.75 Å². The van der Waals surface area contributed by atoms with Crippen molar-refractivity contribution in [3.05, 3.63) is 28.2 Å². The Morgan fingerprint density at radius 3 is 2.59 bits per heavy atom. The van der Waals surface area contributed by atoms with Crippen LogP contribution in [0.3, 0.4) is 0 Å². The van der Waals surface area contributed by atoms with Crippen molar-refractivity contribution in [2.45, 2.75) is 12.7 Å². The molecule has 22 heavy (non-hydrogen) atoms. The molecule has 0 unspecified atom stereocenters. The normalized spacial score (nSPS) is 22.8. The van der Waals surface area contributed by atoms with Crippen LogP contribution in [0.2, 0.25) is 0 Å². The Hall–Kier alpha value is -1.28. The van der Waals surface area contributed by atoms with E-state index < -0.39 is 24.0 Å². The van der Waals surface area contributed by atoms with Crippen LogP contribution in [-0.2, 0) is 11.3 Å². The van der Waals surface area contributed by atoms with Crippen LogP contribution in [0.1, 0.15) is 5.56 Å². The second kappa shape index (κ2) is 6.45. The summed E-state index contributed by atoms with van der Waals surface area (Å²) in [5, 5.41) is 8.99. The van der Waals surface area contributed by atoms with Gasteiger partial charge in [0, 0.05) is 19.6 Å². The quantitative estimate of drug-likeness (QED) is 0.870. The van der Waals surface area contributed by atoms with Crippen molar-refractivity contribution in [3.8, 4) is 5.75 Å². The molecule has 0 amide bonds. The van der Waals surface area contributed by atoms with E-state index in [2.05, 4.69) is 15.9 Å². The average Bonchev–Trinajstić information content (AvgIpc) is 2.83. The molecule has 1 N–H and O–H groups in total. The molecule has 0 aliphatic carbocycles. The number of likely N-dealkylation sites (tertiary alicyclic amines) is 1. The van der Waals surface area contributed by atoms with Gasteiger partial charge in [-0.1, -0.05) is 6.07 Å². The van der Waals surface area contributed by atoms with E-state index in [-0.39, 0.29) is 19.6 Å². The summed E-state index contributed by atoms with van der Waals surface area (Å²) >= 11 is 3.32. The monoisotopic (exact) mass is 381 g/mol. The van der Waals surface area contributed by atoms with E-state index in [1.807, 2.05) is 0 Å². The summed E-state index contributed by atoms with van der Waals surface area (Å²) < 4.78 is 44.6. The molecule has 8 heteroatoms. The molecular weight excluding hydrogens is 367 g/mol. The molecule has 0 saturated carbocycles. The lowest BCUT2D eigenvalue weighted by molar-refractivity contribution is -0.188. The van der Waals surface area contributed by atoms with Gasteiger partial charge in [-0.05, 0) is 33.6 Å². The molecule has 1 aromatic carbocycles. The maximum atomic E-state index is 12.9. The number of nitrogens with zero attached hydrogens (tertiary/aromatic N) is 1. The molecule has 1 aliphatic rings. The maximum absolute atomic E-state index is 12.9. The number of ether oxygens (including phenoxy) is 1. The van der Waals surface area contributed by atoms with Crippen molar-refractivity contribution in [2.24, 2.45) is 11.8 Å². The fourth-order valence-corrected chi connectivity index (χ4v) is 3.25. The zero-order chi connectivity index (χ0) is 16.5. The number of aliphatic carboxylic acids is 1. The number of rotatable bonds is 4. The lowest BCUT2D eigenvalue weighted by atomic mass is 9.96. The van der Waals surface area contributed by atoms with E-state index in [1.54, 1.807) is 18.2 Å². The van der Waals surface area contributed by atoms with E-state index in [9.17, 15) is 18.0 Å². The molecule has 2 atom stereocenters. The zero-order valence-corrected chi connectivity index (χ0v) is 13.3. The molecule has 1 heterocycles. The van der Waals surface area contributed by atoms with Crippen molar-refractivity contribution >= 4 is 21.9 Å². The number of carboxylic acid groups (broad SMARTS) is 1. The number of halogens is 4. The van der Waals surface area contributed by atoms with Crippen molar-refractivity contribution in [2.75, 3.05) is 20.2 Å². The van der Waals surface area contributed by atoms with Crippen LogP contribution >= 0.6 is 15.9 Å². The van der Waals surface area contributed by atoms with Crippen LogP contribution in [0, 0.1) is 11.8 Å². The number of hydrogen-bond donors (Lipinski definition) is 1. The minimum atomic E-state index is -4.50. The van der Waals surface area contributed by atoms with Gasteiger partial charge in [0.2, 0.25) is 0 Å². The van der Waals surface area contributed by atoms with E-state index in [0.717, 1.165) is 5.56 Å². The Kier molecular flexibility index (Phi) is 5.01. The minimum Gasteiger partial charge on any atom is -0.496 e. The molecular formula is C14H15BrF3NO3. The Balaban J connectivity index is 2.11. The standard InChI is InChI=1S/C14H15BrF3NO3/c1-22-12-3-2-8(4-11(12)15)5-19-6-9(13(20)21)10(7-19)14(16,17)18/h2-4,9-10H,5-7H2,1H3,(H,20,21)/t9-,10-/m1/s1. The molecule has 4 nitrogen and oxygen atoms in total. The molecule has 0 bridgehead atoms. The van der Waals surface area contributed by atoms with Gasteiger partial charge in [0.05, 0.1) is 23.4 Å². The van der Waals surface area contributed by atoms with Gasteiger partial charge in [-0.25, -0.2) is 0 Å². The van der Waals surface area contributed by atoms with Gasteiger partial charge >= 0.3 is 12.1 Å². The predicted octanol–water partition coefficient (Wildman–Crippen LogP) is 3.15. The minimum absolute atomic E-state index is 0.108. The molecule has 1 saturated heterocycles. The number of hydrogen-bond acceptors (Lipinski definition) is 3. The van der Waals surface area contributed by atoms with Crippen LogP contribution in [-0.4, -0.2) is 42.4 Å². The first-order valence-corrected chi connectivity index (χ1v) is 7.36. The number of carboxylic acids is 1. The van der Waals surface area contributed by atoms with E-state index in [4.69, 9.17) is 9.84 Å². The SMILES string of the molecule is COc1ccc(CN2C[C@@H](C(F)(F)F)[C@H](C(=O)O)C2)cc1Br. The Labute approximate surface area is 134 Å². The van der Waals surface area contributed by atoms with Gasteiger partial charge in [0.25, 0.3) is 0 Å². The average molecular weight is 382 g/mol. The molecule has 1 fully saturated rings. The number of methoxy groups -OCH3 is 1. The molecule has 0 radical (unpaired) electrons. The molecule has 0 aromatic heterocycles. The summed E-state index contributed by atoms with van der Waals surface area (Å²) in [5.74, 6) is -4.02. The van der Waals surface area contributed by atoms with Crippen LogP contribution in [0.15, 0.2) is 22.7 Å². The predicted molar refractivity (Wildman–Crippen MR) is 76.6 cm³/mol. The van der Waals surface area contributed by atoms with Crippen LogP contribution < -0.4 is 4.74 Å². The summed E-state index contributed by atoms with van der Waals surface area (Å²) in [7, 11) is 1.52. The summed E-state index contributed by atoms with van der Waals surface area (Å²) in [6, 6.07) is 5.22. The van der Waals surface area contributed by atoms with Gasteiger partial charge in [0.1, 0.15) is 5.75 Å². The smallest absolute Gasteiger partial charge is 0.393 e. The molecule has 122 valence electrons. The van der Waals surface area contributed by atoms with Crippen molar-refractivity contribution in [3.63, 3.8) is 0 Å². The Morgan fingerprint density at radius 1 is 1.45 bits per heavy atom. The second-order valence-electron chi connectivity index (χ2n) is 5.26. The van der Waals surface area contributed by atoms with Crippen LogP contribution in [0.25, 0.3) is 0 Å². The fourth-order valence-electron chi connectivity index (χ4n) is 2.66. The third-order valence-electron chi connectivity index (χ3n) is 3.76. The number of benzene rings is 1. The van der Waals surface area contributed by atoms with E-state index in [0.29, 0.717) is 10.2 Å². The molecule has 0 spiro atoms. The lowest BCUT2D eigenvalue weighted by Crippen LogP contribution is -2.33. The first kappa shape index (κ1) is 17.1. The van der Waals surface area contributed by atoms with Crippen molar-refractivity contribution < 1.29 is 27.8 Å².